The summed E-state index contributed by atoms with van der Waals surface area (Å²) in [4.78, 5) is 13.2. The number of aliphatic hydroxyl groups excluding tert-OH is 1. The molecule has 1 unspecified atom stereocenters. The van der Waals surface area contributed by atoms with Crippen LogP contribution in [0.25, 0.3) is 0 Å². The molecule has 2 aromatic rings. The lowest BCUT2D eigenvalue weighted by atomic mass is 10.2. The SMILES string of the molecule is O=[N+]([O-])c1ncn(CC(O)COCc2ccccc2Cl)n1. The highest BCUT2D eigenvalue weighted by Gasteiger charge is 2.15. The summed E-state index contributed by atoms with van der Waals surface area (Å²) in [7, 11) is 0. The standard InChI is InChI=1S/C12H13ClN4O4/c13-11-4-2-1-3-9(11)6-21-7-10(18)5-16-8-14-12(15-16)17(19)20/h1-4,8,10,18H,5-7H2. The van der Waals surface area contributed by atoms with Crippen molar-refractivity contribution in [1.29, 1.82) is 0 Å². The minimum absolute atomic E-state index is 0.0544. The molecule has 1 atom stereocenters. The lowest BCUT2D eigenvalue weighted by Gasteiger charge is -2.10. The average Bonchev–Trinajstić information content (AvgIpc) is 2.89. The van der Waals surface area contributed by atoms with Crippen LogP contribution in [0.1, 0.15) is 5.56 Å². The molecule has 1 N–H and O–H groups in total. The molecule has 0 aliphatic heterocycles. The molecule has 0 amide bonds. The number of hydrogen-bond donors (Lipinski definition) is 1. The topological polar surface area (TPSA) is 103 Å². The molecule has 0 spiro atoms. The van der Waals surface area contributed by atoms with Crippen molar-refractivity contribution in [3.8, 4) is 0 Å². The highest BCUT2D eigenvalue weighted by atomic mass is 35.5. The Bertz CT molecular complexity index is 619. The Morgan fingerprint density at radius 3 is 2.90 bits per heavy atom. The zero-order valence-electron chi connectivity index (χ0n) is 10.9. The van der Waals surface area contributed by atoms with E-state index in [4.69, 9.17) is 16.3 Å². The van der Waals surface area contributed by atoms with Gasteiger partial charge in [-0.3, -0.25) is 0 Å². The summed E-state index contributed by atoms with van der Waals surface area (Å²) in [6.45, 7) is 0.385. The molecule has 1 aromatic carbocycles. The first-order valence-corrected chi connectivity index (χ1v) is 6.47. The number of nitrogens with zero attached hydrogens (tertiary/aromatic N) is 4. The summed E-state index contributed by atoms with van der Waals surface area (Å²) < 4.78 is 6.56. The molecule has 0 radical (unpaired) electrons. The Kier molecular flexibility index (Phi) is 5.20. The van der Waals surface area contributed by atoms with E-state index in [1.807, 2.05) is 18.2 Å². The van der Waals surface area contributed by atoms with Crippen molar-refractivity contribution in [2.24, 2.45) is 0 Å². The fraction of sp³-hybridized carbons (Fsp3) is 0.333. The largest absolute Gasteiger partial charge is 0.490 e. The van der Waals surface area contributed by atoms with Crippen LogP contribution in [0.15, 0.2) is 30.6 Å². The second-order valence-electron chi connectivity index (χ2n) is 4.28. The van der Waals surface area contributed by atoms with Crippen molar-refractivity contribution >= 4 is 17.5 Å². The van der Waals surface area contributed by atoms with E-state index < -0.39 is 17.0 Å². The number of halogens is 1. The Balaban J connectivity index is 1.78. The molecule has 2 rings (SSSR count). The average molecular weight is 313 g/mol. The van der Waals surface area contributed by atoms with Crippen molar-refractivity contribution in [3.05, 3.63) is 51.3 Å². The van der Waals surface area contributed by atoms with E-state index in [2.05, 4.69) is 10.1 Å². The number of hydrogen-bond acceptors (Lipinski definition) is 6. The molecule has 0 fully saturated rings. The predicted molar refractivity (Wildman–Crippen MR) is 73.8 cm³/mol. The monoisotopic (exact) mass is 312 g/mol. The van der Waals surface area contributed by atoms with Gasteiger partial charge >= 0.3 is 5.95 Å². The van der Waals surface area contributed by atoms with Gasteiger partial charge in [0, 0.05) is 10.1 Å². The van der Waals surface area contributed by atoms with E-state index in [0.717, 1.165) is 5.56 Å². The van der Waals surface area contributed by atoms with Crippen LogP contribution in [-0.4, -0.2) is 37.5 Å². The molecule has 0 aliphatic rings. The molecule has 9 heteroatoms. The van der Waals surface area contributed by atoms with Gasteiger partial charge in [0.15, 0.2) is 0 Å². The van der Waals surface area contributed by atoms with E-state index in [9.17, 15) is 15.2 Å². The summed E-state index contributed by atoms with van der Waals surface area (Å²) in [5.74, 6) is -0.501. The Hall–Kier alpha value is -2.03. The minimum atomic E-state index is -0.853. The Morgan fingerprint density at radius 2 is 2.24 bits per heavy atom. The van der Waals surface area contributed by atoms with Crippen molar-refractivity contribution in [1.82, 2.24) is 14.8 Å². The van der Waals surface area contributed by atoms with Gasteiger partial charge in [-0.05, 0) is 16.6 Å². The summed E-state index contributed by atoms with van der Waals surface area (Å²) in [5, 5.41) is 24.4. The van der Waals surface area contributed by atoms with Gasteiger partial charge in [0.2, 0.25) is 6.33 Å². The second kappa shape index (κ2) is 7.11. The molecule has 112 valence electrons. The molecule has 0 saturated carbocycles. The van der Waals surface area contributed by atoms with Crippen LogP contribution < -0.4 is 0 Å². The zero-order chi connectivity index (χ0) is 15.2. The maximum atomic E-state index is 10.4. The third-order valence-corrected chi connectivity index (χ3v) is 2.98. The molecule has 1 heterocycles. The first-order chi connectivity index (χ1) is 10.1. The molecule has 8 nitrogen and oxygen atoms in total. The lowest BCUT2D eigenvalue weighted by molar-refractivity contribution is -0.394. The second-order valence-corrected chi connectivity index (χ2v) is 4.69. The molecule has 1 aromatic heterocycles. The number of aliphatic hydroxyl groups is 1. The van der Waals surface area contributed by atoms with E-state index >= 15 is 0 Å². The van der Waals surface area contributed by atoms with Crippen molar-refractivity contribution in [2.45, 2.75) is 19.3 Å². The van der Waals surface area contributed by atoms with Crippen LogP contribution >= 0.6 is 11.6 Å². The molecular formula is C12H13ClN4O4. The summed E-state index contributed by atoms with van der Waals surface area (Å²) in [5.41, 5.74) is 0.822. The maximum absolute atomic E-state index is 10.4. The lowest BCUT2D eigenvalue weighted by Crippen LogP contribution is -2.22. The quantitative estimate of drug-likeness (QED) is 0.612. The summed E-state index contributed by atoms with van der Waals surface area (Å²) in [6.07, 6.45) is 0.337. The van der Waals surface area contributed by atoms with Gasteiger partial charge in [-0.2, -0.15) is 4.68 Å². The number of benzene rings is 1. The first kappa shape index (κ1) is 15.4. The van der Waals surface area contributed by atoms with E-state index in [1.165, 1.54) is 11.0 Å². The fourth-order valence-electron chi connectivity index (χ4n) is 1.65. The van der Waals surface area contributed by atoms with Gasteiger partial charge in [-0.15, -0.1) is 0 Å². The van der Waals surface area contributed by atoms with E-state index in [0.29, 0.717) is 5.02 Å². The van der Waals surface area contributed by atoms with Gasteiger partial charge < -0.3 is 20.0 Å². The smallest absolute Gasteiger partial charge is 0.390 e. The third-order valence-electron chi connectivity index (χ3n) is 2.61. The normalized spacial score (nSPS) is 12.3. The van der Waals surface area contributed by atoms with Crippen molar-refractivity contribution < 1.29 is 14.8 Å². The van der Waals surface area contributed by atoms with Gasteiger partial charge in [0.25, 0.3) is 0 Å². The summed E-state index contributed by atoms with van der Waals surface area (Å²) in [6, 6.07) is 7.24. The van der Waals surface area contributed by atoms with Crippen LogP contribution in [-0.2, 0) is 17.9 Å². The number of nitro groups is 1. The number of aromatic nitrogens is 3. The highest BCUT2D eigenvalue weighted by molar-refractivity contribution is 6.31. The van der Waals surface area contributed by atoms with Crippen LogP contribution in [0.4, 0.5) is 5.95 Å². The van der Waals surface area contributed by atoms with Crippen LogP contribution in [0.2, 0.25) is 5.02 Å². The van der Waals surface area contributed by atoms with Crippen molar-refractivity contribution in [3.63, 3.8) is 0 Å². The van der Waals surface area contributed by atoms with E-state index in [1.54, 1.807) is 6.07 Å². The Labute approximate surface area is 125 Å². The first-order valence-electron chi connectivity index (χ1n) is 6.09. The molecule has 0 aliphatic carbocycles. The van der Waals surface area contributed by atoms with Crippen LogP contribution in [0.3, 0.4) is 0 Å². The maximum Gasteiger partial charge on any atom is 0.490 e. The third kappa shape index (κ3) is 4.48. The highest BCUT2D eigenvalue weighted by Crippen LogP contribution is 2.15. The van der Waals surface area contributed by atoms with Crippen LogP contribution in [0, 0.1) is 10.1 Å². The zero-order valence-corrected chi connectivity index (χ0v) is 11.7. The van der Waals surface area contributed by atoms with Crippen LogP contribution in [0.5, 0.6) is 0 Å². The van der Waals surface area contributed by atoms with Gasteiger partial charge in [0.1, 0.15) is 0 Å². The van der Waals surface area contributed by atoms with Gasteiger partial charge in [-0.25, -0.2) is 0 Å². The fourth-order valence-corrected chi connectivity index (χ4v) is 1.84. The van der Waals surface area contributed by atoms with Crippen molar-refractivity contribution in [2.75, 3.05) is 6.61 Å². The van der Waals surface area contributed by atoms with Gasteiger partial charge in [0.05, 0.1) is 25.9 Å². The number of ether oxygens (including phenoxy) is 1. The predicted octanol–water partition coefficient (Wildman–Crippen LogP) is 1.42. The minimum Gasteiger partial charge on any atom is -0.390 e. The molecular weight excluding hydrogens is 300 g/mol. The van der Waals surface area contributed by atoms with Gasteiger partial charge in [-0.1, -0.05) is 34.8 Å². The van der Waals surface area contributed by atoms with E-state index in [-0.39, 0.29) is 19.8 Å². The molecule has 0 saturated heterocycles. The number of rotatable bonds is 7. The Morgan fingerprint density at radius 1 is 1.48 bits per heavy atom. The molecule has 0 bridgehead atoms. The molecule has 21 heavy (non-hydrogen) atoms. The summed E-state index contributed by atoms with van der Waals surface area (Å²) >= 11 is 5.97.